The average molecular weight is 278 g/mol. The molecule has 0 fully saturated rings. The van der Waals surface area contributed by atoms with E-state index in [0.29, 0.717) is 5.56 Å². The van der Waals surface area contributed by atoms with Crippen molar-refractivity contribution in [2.45, 2.75) is 26.4 Å². The van der Waals surface area contributed by atoms with E-state index in [1.54, 1.807) is 24.3 Å². The Labute approximate surface area is 117 Å². The van der Waals surface area contributed by atoms with Crippen molar-refractivity contribution in [2.75, 3.05) is 11.9 Å². The molecule has 0 aliphatic carbocycles. The number of thiophene rings is 1. The van der Waals surface area contributed by atoms with E-state index in [1.165, 1.54) is 4.88 Å². The van der Waals surface area contributed by atoms with E-state index in [2.05, 4.69) is 16.3 Å². The van der Waals surface area contributed by atoms with Crippen LogP contribution in [-0.4, -0.2) is 7.05 Å². The van der Waals surface area contributed by atoms with E-state index in [9.17, 15) is 4.39 Å². The van der Waals surface area contributed by atoms with Gasteiger partial charge in [-0.3, -0.25) is 0 Å². The number of aryl methyl sites for hydroxylation is 1. The van der Waals surface area contributed by atoms with Gasteiger partial charge in [0.2, 0.25) is 0 Å². The van der Waals surface area contributed by atoms with Crippen LogP contribution in [0.1, 0.15) is 29.0 Å². The predicted octanol–water partition coefficient (Wildman–Crippen LogP) is 3.85. The lowest BCUT2D eigenvalue weighted by Gasteiger charge is -2.24. The van der Waals surface area contributed by atoms with Crippen LogP contribution in [0, 0.1) is 12.7 Å². The minimum Gasteiger partial charge on any atom is -0.369 e. The third-order valence-corrected chi connectivity index (χ3v) is 4.04. The molecule has 102 valence electrons. The number of nitrogens with zero attached hydrogens (tertiary/aromatic N) is 1. The summed E-state index contributed by atoms with van der Waals surface area (Å²) < 4.78 is 13.7. The molecule has 2 aromatic rings. The van der Waals surface area contributed by atoms with Crippen LogP contribution in [0.5, 0.6) is 0 Å². The van der Waals surface area contributed by atoms with Crippen LogP contribution in [0.15, 0.2) is 29.6 Å². The SMILES string of the molecule is Cc1cc(N(C)Cc2cccs2)c([C@@H](C)N)cc1F. The second kappa shape index (κ2) is 5.72. The van der Waals surface area contributed by atoms with Crippen molar-refractivity contribution in [2.24, 2.45) is 5.73 Å². The number of anilines is 1. The highest BCUT2D eigenvalue weighted by molar-refractivity contribution is 7.09. The molecule has 1 aromatic carbocycles. The molecule has 0 saturated carbocycles. The molecule has 19 heavy (non-hydrogen) atoms. The highest BCUT2D eigenvalue weighted by Crippen LogP contribution is 2.29. The Bertz CT molecular complexity index is 550. The van der Waals surface area contributed by atoms with Crippen molar-refractivity contribution < 1.29 is 4.39 Å². The number of hydrogen-bond donors (Lipinski definition) is 1. The average Bonchev–Trinajstić information content (AvgIpc) is 2.84. The van der Waals surface area contributed by atoms with E-state index < -0.39 is 0 Å². The first-order valence-electron chi connectivity index (χ1n) is 6.28. The summed E-state index contributed by atoms with van der Waals surface area (Å²) in [6.45, 7) is 4.47. The Morgan fingerprint density at radius 2 is 2.16 bits per heavy atom. The van der Waals surface area contributed by atoms with Crippen LogP contribution in [0.4, 0.5) is 10.1 Å². The molecule has 0 amide bonds. The third kappa shape index (κ3) is 3.14. The Hall–Kier alpha value is -1.39. The molecule has 4 heteroatoms. The van der Waals surface area contributed by atoms with E-state index in [1.807, 2.05) is 26.1 Å². The van der Waals surface area contributed by atoms with Gasteiger partial charge in [0, 0.05) is 23.7 Å². The predicted molar refractivity (Wildman–Crippen MR) is 80.2 cm³/mol. The Morgan fingerprint density at radius 1 is 1.42 bits per heavy atom. The highest BCUT2D eigenvalue weighted by Gasteiger charge is 2.14. The van der Waals surface area contributed by atoms with Gasteiger partial charge in [0.05, 0.1) is 6.54 Å². The van der Waals surface area contributed by atoms with Crippen molar-refractivity contribution in [1.82, 2.24) is 0 Å². The number of nitrogens with two attached hydrogens (primary N) is 1. The zero-order valence-corrected chi connectivity index (χ0v) is 12.3. The standard InChI is InChI=1S/C15H19FN2S/c1-10-7-15(13(11(2)17)8-14(10)16)18(3)9-12-5-4-6-19-12/h4-8,11H,9,17H2,1-3H3/t11-/m1/s1. The van der Waals surface area contributed by atoms with E-state index in [0.717, 1.165) is 17.8 Å². The summed E-state index contributed by atoms with van der Waals surface area (Å²) in [4.78, 5) is 3.40. The molecular weight excluding hydrogens is 259 g/mol. The maximum atomic E-state index is 13.7. The molecule has 0 saturated heterocycles. The smallest absolute Gasteiger partial charge is 0.126 e. The lowest BCUT2D eigenvalue weighted by atomic mass is 10.0. The first kappa shape index (κ1) is 14.0. The fourth-order valence-electron chi connectivity index (χ4n) is 2.10. The molecule has 0 bridgehead atoms. The summed E-state index contributed by atoms with van der Waals surface area (Å²) >= 11 is 1.72. The van der Waals surface area contributed by atoms with E-state index in [-0.39, 0.29) is 11.9 Å². The monoisotopic (exact) mass is 278 g/mol. The van der Waals surface area contributed by atoms with Gasteiger partial charge in [-0.1, -0.05) is 6.07 Å². The zero-order valence-electron chi connectivity index (χ0n) is 11.5. The number of hydrogen-bond acceptors (Lipinski definition) is 3. The molecule has 0 aliphatic rings. The van der Waals surface area contributed by atoms with Gasteiger partial charge in [0.25, 0.3) is 0 Å². The van der Waals surface area contributed by atoms with Gasteiger partial charge in [0.1, 0.15) is 5.82 Å². The number of halogens is 1. The second-order valence-electron chi connectivity index (χ2n) is 4.88. The highest BCUT2D eigenvalue weighted by atomic mass is 32.1. The lowest BCUT2D eigenvalue weighted by Crippen LogP contribution is -2.20. The van der Waals surface area contributed by atoms with Crippen molar-refractivity contribution >= 4 is 17.0 Å². The van der Waals surface area contributed by atoms with Crippen LogP contribution < -0.4 is 10.6 Å². The lowest BCUT2D eigenvalue weighted by molar-refractivity contribution is 0.612. The summed E-state index contributed by atoms with van der Waals surface area (Å²) in [6, 6.07) is 7.39. The normalized spacial score (nSPS) is 12.5. The zero-order chi connectivity index (χ0) is 14.0. The van der Waals surface area contributed by atoms with Crippen molar-refractivity contribution in [1.29, 1.82) is 0 Å². The van der Waals surface area contributed by atoms with Gasteiger partial charge in [0.15, 0.2) is 0 Å². The topological polar surface area (TPSA) is 29.3 Å². The molecular formula is C15H19FN2S. The molecule has 0 aliphatic heterocycles. The molecule has 0 radical (unpaired) electrons. The molecule has 2 N–H and O–H groups in total. The van der Waals surface area contributed by atoms with E-state index >= 15 is 0 Å². The van der Waals surface area contributed by atoms with E-state index in [4.69, 9.17) is 5.73 Å². The quantitative estimate of drug-likeness (QED) is 0.920. The van der Waals surface area contributed by atoms with Crippen LogP contribution in [0.2, 0.25) is 0 Å². The van der Waals surface area contributed by atoms with Gasteiger partial charge in [-0.25, -0.2) is 4.39 Å². The summed E-state index contributed by atoms with van der Waals surface area (Å²) in [6.07, 6.45) is 0. The minimum atomic E-state index is -0.194. The molecule has 1 aromatic heterocycles. The fourth-order valence-corrected chi connectivity index (χ4v) is 2.86. The van der Waals surface area contributed by atoms with Gasteiger partial charge in [-0.15, -0.1) is 11.3 Å². The first-order valence-corrected chi connectivity index (χ1v) is 7.16. The molecule has 0 spiro atoms. The van der Waals surface area contributed by atoms with Crippen molar-refractivity contribution in [3.63, 3.8) is 0 Å². The van der Waals surface area contributed by atoms with Crippen LogP contribution in [0.25, 0.3) is 0 Å². The van der Waals surface area contributed by atoms with Gasteiger partial charge >= 0.3 is 0 Å². The second-order valence-corrected chi connectivity index (χ2v) is 5.92. The van der Waals surface area contributed by atoms with Gasteiger partial charge < -0.3 is 10.6 Å². The summed E-state index contributed by atoms with van der Waals surface area (Å²) in [5.74, 6) is -0.194. The van der Waals surface area contributed by atoms with Gasteiger partial charge in [-0.05, 0) is 48.6 Å². The molecule has 2 nitrogen and oxygen atoms in total. The Kier molecular flexibility index (Phi) is 4.22. The summed E-state index contributed by atoms with van der Waals surface area (Å²) in [5.41, 5.74) is 8.46. The largest absolute Gasteiger partial charge is 0.369 e. The molecule has 2 rings (SSSR count). The Morgan fingerprint density at radius 3 is 2.74 bits per heavy atom. The maximum Gasteiger partial charge on any atom is 0.126 e. The summed E-state index contributed by atoms with van der Waals surface area (Å²) in [5, 5.41) is 2.06. The molecule has 0 unspecified atom stereocenters. The molecule has 1 heterocycles. The number of benzene rings is 1. The Balaban J connectivity index is 2.34. The third-order valence-electron chi connectivity index (χ3n) is 3.18. The molecule has 1 atom stereocenters. The first-order chi connectivity index (χ1) is 8.99. The fraction of sp³-hybridized carbons (Fsp3) is 0.333. The number of rotatable bonds is 4. The maximum absolute atomic E-state index is 13.7. The van der Waals surface area contributed by atoms with Gasteiger partial charge in [-0.2, -0.15) is 0 Å². The summed E-state index contributed by atoms with van der Waals surface area (Å²) in [7, 11) is 2.01. The minimum absolute atomic E-state index is 0.184. The van der Waals surface area contributed by atoms with Crippen molar-refractivity contribution in [3.05, 3.63) is 51.5 Å². The van der Waals surface area contributed by atoms with Crippen LogP contribution >= 0.6 is 11.3 Å². The van der Waals surface area contributed by atoms with Crippen LogP contribution in [-0.2, 0) is 6.54 Å². The van der Waals surface area contributed by atoms with Crippen LogP contribution in [0.3, 0.4) is 0 Å². The van der Waals surface area contributed by atoms with Crippen molar-refractivity contribution in [3.8, 4) is 0 Å².